The number of para-hydroxylation sites is 1. The molecule has 1 heterocycles. The maximum absolute atomic E-state index is 12.6. The van der Waals surface area contributed by atoms with Crippen molar-refractivity contribution in [2.45, 2.75) is 38.0 Å². The summed E-state index contributed by atoms with van der Waals surface area (Å²) in [5.74, 6) is 0.774. The normalized spacial score (nSPS) is 11.6. The largest absolute Gasteiger partial charge is 0.354 e. The van der Waals surface area contributed by atoms with Crippen molar-refractivity contribution >= 4 is 28.6 Å². The standard InChI is InChI=1S/C28H30N2OS/c1-19-9-11-20(12-10-19)25-26(23-7-5-6-8-24(23)30-25)32-18-17-29-27(31)21-13-15-22(16-14-21)28(2,3)4/h5-16,30H,17-18H2,1-4H3,(H,29,31). The van der Waals surface area contributed by atoms with Crippen LogP contribution in [0.15, 0.2) is 77.7 Å². The summed E-state index contributed by atoms with van der Waals surface area (Å²) in [6.45, 7) is 9.24. The van der Waals surface area contributed by atoms with Gasteiger partial charge >= 0.3 is 0 Å². The number of nitrogens with one attached hydrogen (secondary N) is 2. The highest BCUT2D eigenvalue weighted by Crippen LogP contribution is 2.37. The van der Waals surface area contributed by atoms with Crippen molar-refractivity contribution in [3.63, 3.8) is 0 Å². The summed E-state index contributed by atoms with van der Waals surface area (Å²) >= 11 is 1.78. The number of aromatic amines is 1. The molecule has 0 aliphatic carbocycles. The van der Waals surface area contributed by atoms with Gasteiger partial charge in [0.25, 0.3) is 5.91 Å². The van der Waals surface area contributed by atoms with Crippen LogP contribution in [0.5, 0.6) is 0 Å². The van der Waals surface area contributed by atoms with Crippen LogP contribution in [0.3, 0.4) is 0 Å². The van der Waals surface area contributed by atoms with Gasteiger partial charge in [0.1, 0.15) is 0 Å². The van der Waals surface area contributed by atoms with Crippen molar-refractivity contribution in [3.05, 3.63) is 89.5 Å². The van der Waals surface area contributed by atoms with Crippen molar-refractivity contribution in [1.82, 2.24) is 10.3 Å². The molecule has 4 aromatic rings. The lowest BCUT2D eigenvalue weighted by molar-refractivity contribution is 0.0956. The van der Waals surface area contributed by atoms with Crippen LogP contribution in [0.25, 0.3) is 22.2 Å². The number of hydrogen-bond acceptors (Lipinski definition) is 2. The second-order valence-electron chi connectivity index (χ2n) is 9.17. The first-order valence-electron chi connectivity index (χ1n) is 11.0. The molecule has 0 unspecified atom stereocenters. The Hall–Kier alpha value is -2.98. The van der Waals surface area contributed by atoms with Gasteiger partial charge in [0.15, 0.2) is 0 Å². The molecule has 4 rings (SSSR count). The van der Waals surface area contributed by atoms with Crippen molar-refractivity contribution in [1.29, 1.82) is 0 Å². The van der Waals surface area contributed by atoms with E-state index in [1.54, 1.807) is 11.8 Å². The van der Waals surface area contributed by atoms with Crippen molar-refractivity contribution in [2.24, 2.45) is 0 Å². The van der Waals surface area contributed by atoms with E-state index in [4.69, 9.17) is 0 Å². The van der Waals surface area contributed by atoms with Crippen LogP contribution in [0.4, 0.5) is 0 Å². The Morgan fingerprint density at radius 1 is 0.938 bits per heavy atom. The second-order valence-corrected chi connectivity index (χ2v) is 10.3. The summed E-state index contributed by atoms with van der Waals surface area (Å²) in [6, 6.07) is 24.9. The fourth-order valence-corrected chi connectivity index (χ4v) is 4.79. The number of amides is 1. The van der Waals surface area contributed by atoms with E-state index in [0.717, 1.165) is 17.0 Å². The van der Waals surface area contributed by atoms with E-state index in [1.165, 1.54) is 27.0 Å². The molecule has 0 spiro atoms. The fourth-order valence-electron chi connectivity index (χ4n) is 3.73. The number of fused-ring (bicyclic) bond motifs is 1. The Kier molecular flexibility index (Phi) is 6.43. The number of rotatable bonds is 6. The second kappa shape index (κ2) is 9.25. The molecule has 0 bridgehead atoms. The third kappa shape index (κ3) is 4.91. The zero-order chi connectivity index (χ0) is 22.7. The van der Waals surface area contributed by atoms with Crippen LogP contribution in [-0.4, -0.2) is 23.2 Å². The monoisotopic (exact) mass is 442 g/mol. The summed E-state index contributed by atoms with van der Waals surface area (Å²) in [5, 5.41) is 4.28. The number of thioether (sulfide) groups is 1. The van der Waals surface area contributed by atoms with Gasteiger partial charge in [-0.3, -0.25) is 4.79 Å². The van der Waals surface area contributed by atoms with E-state index in [1.807, 2.05) is 24.3 Å². The summed E-state index contributed by atoms with van der Waals surface area (Å²) in [4.78, 5) is 17.4. The topological polar surface area (TPSA) is 44.9 Å². The van der Waals surface area contributed by atoms with Crippen LogP contribution in [0.2, 0.25) is 0 Å². The Morgan fingerprint density at radius 2 is 1.62 bits per heavy atom. The lowest BCUT2D eigenvalue weighted by atomic mass is 9.87. The Balaban J connectivity index is 1.44. The molecule has 3 nitrogen and oxygen atoms in total. The van der Waals surface area contributed by atoms with Gasteiger partial charge in [-0.1, -0.05) is 80.9 Å². The number of carbonyl (C=O) groups excluding carboxylic acids is 1. The Bertz CT molecular complexity index is 1220. The number of carbonyl (C=O) groups is 1. The Morgan fingerprint density at radius 3 is 2.31 bits per heavy atom. The van der Waals surface area contributed by atoms with E-state index in [2.05, 4.69) is 86.5 Å². The first kappa shape index (κ1) is 22.2. The third-order valence-corrected chi connectivity index (χ3v) is 6.77. The first-order valence-corrected chi connectivity index (χ1v) is 12.0. The van der Waals surface area contributed by atoms with Gasteiger partial charge in [0.2, 0.25) is 0 Å². The number of H-pyrrole nitrogens is 1. The van der Waals surface area contributed by atoms with Gasteiger partial charge in [0, 0.05) is 33.7 Å². The minimum atomic E-state index is -0.0243. The molecule has 0 saturated heterocycles. The van der Waals surface area contributed by atoms with Crippen LogP contribution in [0.1, 0.15) is 42.3 Å². The third-order valence-electron chi connectivity index (χ3n) is 5.65. The molecule has 0 aliphatic rings. The van der Waals surface area contributed by atoms with Crippen molar-refractivity contribution < 1.29 is 4.79 Å². The predicted octanol–water partition coefficient (Wildman–Crippen LogP) is 6.96. The van der Waals surface area contributed by atoms with Gasteiger partial charge in [-0.2, -0.15) is 0 Å². The summed E-state index contributed by atoms with van der Waals surface area (Å²) < 4.78 is 0. The maximum atomic E-state index is 12.6. The first-order chi connectivity index (χ1) is 15.3. The lowest BCUT2D eigenvalue weighted by Crippen LogP contribution is -2.25. The van der Waals surface area contributed by atoms with Crippen molar-refractivity contribution in [2.75, 3.05) is 12.3 Å². The molecule has 164 valence electrons. The van der Waals surface area contributed by atoms with Crippen LogP contribution in [-0.2, 0) is 5.41 Å². The summed E-state index contributed by atoms with van der Waals surface area (Å²) in [7, 11) is 0. The van der Waals surface area contributed by atoms with Gasteiger partial charge in [-0.15, -0.1) is 11.8 Å². The van der Waals surface area contributed by atoms with Gasteiger partial charge < -0.3 is 10.3 Å². The highest BCUT2D eigenvalue weighted by atomic mass is 32.2. The SMILES string of the molecule is Cc1ccc(-c2[nH]c3ccccc3c2SCCNC(=O)c2ccc(C(C)(C)C)cc2)cc1. The number of aromatic nitrogens is 1. The van der Waals surface area contributed by atoms with Crippen LogP contribution >= 0.6 is 11.8 Å². The minimum Gasteiger partial charge on any atom is -0.354 e. The zero-order valence-electron chi connectivity index (χ0n) is 19.2. The van der Waals surface area contributed by atoms with Gasteiger partial charge in [-0.25, -0.2) is 0 Å². The quantitative estimate of drug-likeness (QED) is 0.250. The summed E-state index contributed by atoms with van der Waals surface area (Å²) in [6.07, 6.45) is 0. The molecule has 3 aromatic carbocycles. The van der Waals surface area contributed by atoms with E-state index in [9.17, 15) is 4.79 Å². The van der Waals surface area contributed by atoms with Gasteiger partial charge in [0.05, 0.1) is 5.69 Å². The van der Waals surface area contributed by atoms with E-state index in [-0.39, 0.29) is 11.3 Å². The highest BCUT2D eigenvalue weighted by Gasteiger charge is 2.15. The molecular weight excluding hydrogens is 412 g/mol. The maximum Gasteiger partial charge on any atom is 0.251 e. The van der Waals surface area contributed by atoms with Gasteiger partial charge in [-0.05, 0) is 41.7 Å². The fraction of sp³-hybridized carbons (Fsp3) is 0.250. The molecule has 1 aromatic heterocycles. The molecule has 1 amide bonds. The minimum absolute atomic E-state index is 0.0243. The zero-order valence-corrected chi connectivity index (χ0v) is 20.0. The number of benzene rings is 3. The van der Waals surface area contributed by atoms with E-state index < -0.39 is 0 Å². The van der Waals surface area contributed by atoms with Crippen molar-refractivity contribution in [3.8, 4) is 11.3 Å². The molecule has 4 heteroatoms. The average Bonchev–Trinajstić information content (AvgIpc) is 3.15. The Labute approximate surface area is 194 Å². The summed E-state index contributed by atoms with van der Waals surface area (Å²) in [5.41, 5.74) is 6.71. The molecular formula is C28H30N2OS. The molecule has 0 radical (unpaired) electrons. The lowest BCUT2D eigenvalue weighted by Gasteiger charge is -2.19. The molecule has 2 N–H and O–H groups in total. The average molecular weight is 443 g/mol. The molecule has 32 heavy (non-hydrogen) atoms. The number of aryl methyl sites for hydroxylation is 1. The van der Waals surface area contributed by atoms with Crippen LogP contribution in [0, 0.1) is 6.92 Å². The van der Waals surface area contributed by atoms with Crippen LogP contribution < -0.4 is 5.32 Å². The smallest absolute Gasteiger partial charge is 0.251 e. The van der Waals surface area contributed by atoms with E-state index >= 15 is 0 Å². The molecule has 0 atom stereocenters. The molecule has 0 fully saturated rings. The highest BCUT2D eigenvalue weighted by molar-refractivity contribution is 7.99. The number of hydrogen-bond donors (Lipinski definition) is 2. The predicted molar refractivity (Wildman–Crippen MR) is 137 cm³/mol. The molecule has 0 saturated carbocycles. The molecule has 0 aliphatic heterocycles. The van der Waals surface area contributed by atoms with E-state index in [0.29, 0.717) is 12.1 Å².